The Hall–Kier alpha value is -1.02. The number of alkyl halides is 1. The zero-order chi connectivity index (χ0) is 12.6. The van der Waals surface area contributed by atoms with Gasteiger partial charge in [0.25, 0.3) is 0 Å². The number of carbonyl (C=O) groups excluding carboxylic acids is 1. The number of ketones is 1. The fourth-order valence-corrected chi connectivity index (χ4v) is 2.73. The molecule has 0 saturated carbocycles. The topological polar surface area (TPSA) is 22.0 Å². The zero-order valence-electron chi connectivity index (χ0n) is 10.5. The highest BCUT2D eigenvalue weighted by atomic mass is 35.5. The Balaban J connectivity index is 2.38. The minimum Gasteiger partial charge on any atom is -0.345 e. The fraction of sp³-hybridized carbons (Fsp3) is 0.500. The number of halogens is 1. The quantitative estimate of drug-likeness (QED) is 0.455. The molecule has 3 heteroatoms. The summed E-state index contributed by atoms with van der Waals surface area (Å²) in [6, 6.07) is 2.44. The van der Waals surface area contributed by atoms with Crippen molar-refractivity contribution < 1.29 is 4.79 Å². The van der Waals surface area contributed by atoms with Crippen LogP contribution in [-0.2, 0) is 0 Å². The Kier molecular flexibility index (Phi) is 3.43. The largest absolute Gasteiger partial charge is 0.345 e. The van der Waals surface area contributed by atoms with Gasteiger partial charge in [0, 0.05) is 23.0 Å². The second kappa shape index (κ2) is 4.69. The van der Waals surface area contributed by atoms with Crippen LogP contribution in [0.5, 0.6) is 0 Å². The Bertz CT molecular complexity index is 463. The van der Waals surface area contributed by atoms with E-state index in [0.717, 1.165) is 29.8 Å². The van der Waals surface area contributed by atoms with Crippen LogP contribution in [0.3, 0.4) is 0 Å². The lowest BCUT2D eigenvalue weighted by atomic mass is 10.1. The van der Waals surface area contributed by atoms with E-state index in [2.05, 4.69) is 23.6 Å². The van der Waals surface area contributed by atoms with Gasteiger partial charge in [0.15, 0.2) is 5.78 Å². The molecule has 1 aliphatic carbocycles. The van der Waals surface area contributed by atoms with Crippen LogP contribution in [0, 0.1) is 13.8 Å². The van der Waals surface area contributed by atoms with Crippen LogP contribution in [0.15, 0.2) is 18.2 Å². The maximum atomic E-state index is 12.0. The lowest BCUT2D eigenvalue weighted by molar-refractivity contribution is 0.0991. The van der Waals surface area contributed by atoms with Crippen molar-refractivity contribution in [1.29, 1.82) is 0 Å². The summed E-state index contributed by atoms with van der Waals surface area (Å²) in [7, 11) is 0. The molecule has 0 amide bonds. The zero-order valence-corrected chi connectivity index (χ0v) is 11.3. The average molecular weight is 252 g/mol. The van der Waals surface area contributed by atoms with E-state index in [4.69, 9.17) is 11.6 Å². The van der Waals surface area contributed by atoms with Crippen molar-refractivity contribution >= 4 is 17.4 Å². The summed E-state index contributed by atoms with van der Waals surface area (Å²) < 4.78 is 2.27. The van der Waals surface area contributed by atoms with E-state index in [9.17, 15) is 4.79 Å². The van der Waals surface area contributed by atoms with Crippen molar-refractivity contribution in [3.63, 3.8) is 0 Å². The van der Waals surface area contributed by atoms with Crippen LogP contribution >= 0.6 is 11.6 Å². The third-order valence-electron chi connectivity index (χ3n) is 3.46. The predicted molar refractivity (Wildman–Crippen MR) is 71.0 cm³/mol. The number of aromatic nitrogens is 1. The summed E-state index contributed by atoms with van der Waals surface area (Å²) in [4.78, 5) is 12.0. The molecule has 0 spiro atoms. The van der Waals surface area contributed by atoms with E-state index in [-0.39, 0.29) is 5.78 Å². The smallest absolute Gasteiger partial charge is 0.182 e. The Morgan fingerprint density at radius 2 is 2.00 bits per heavy atom. The summed E-state index contributed by atoms with van der Waals surface area (Å²) >= 11 is 5.88. The highest BCUT2D eigenvalue weighted by Crippen LogP contribution is 2.30. The number of carbonyl (C=O) groups is 1. The third kappa shape index (κ3) is 2.19. The fourth-order valence-electron chi connectivity index (χ4n) is 2.62. The molecule has 0 saturated heterocycles. The van der Waals surface area contributed by atoms with E-state index in [0.29, 0.717) is 6.04 Å². The number of Topliss-reactive ketones (excluding diaryl/α,β-unsaturated/α-hetero) is 1. The first kappa shape index (κ1) is 12.4. The summed E-state index contributed by atoms with van der Waals surface area (Å²) in [6.07, 6.45) is 6.52. The molecular weight excluding hydrogens is 234 g/mol. The second-order valence-electron chi connectivity index (χ2n) is 4.73. The maximum Gasteiger partial charge on any atom is 0.182 e. The molecule has 17 heavy (non-hydrogen) atoms. The molecule has 1 aromatic rings. The van der Waals surface area contributed by atoms with Gasteiger partial charge >= 0.3 is 0 Å². The number of aryl methyl sites for hydroxylation is 1. The third-order valence-corrected chi connectivity index (χ3v) is 3.66. The minimum atomic E-state index is -0.453. The lowest BCUT2D eigenvalue weighted by Crippen LogP contribution is -2.13. The molecule has 0 aromatic carbocycles. The van der Waals surface area contributed by atoms with Crippen LogP contribution in [0.1, 0.15) is 47.6 Å². The van der Waals surface area contributed by atoms with Crippen molar-refractivity contribution in [1.82, 2.24) is 4.57 Å². The summed E-state index contributed by atoms with van der Waals surface area (Å²) in [6.45, 7) is 5.80. The normalized spacial score (nSPS) is 17.6. The van der Waals surface area contributed by atoms with E-state index in [1.807, 2.05) is 13.0 Å². The van der Waals surface area contributed by atoms with Crippen molar-refractivity contribution in [2.75, 3.05) is 0 Å². The van der Waals surface area contributed by atoms with Crippen LogP contribution in [-0.4, -0.2) is 15.7 Å². The van der Waals surface area contributed by atoms with Gasteiger partial charge < -0.3 is 4.57 Å². The lowest BCUT2D eigenvalue weighted by Gasteiger charge is -2.17. The molecule has 0 N–H and O–H groups in total. The van der Waals surface area contributed by atoms with E-state index < -0.39 is 5.38 Å². The Morgan fingerprint density at radius 1 is 1.41 bits per heavy atom. The number of nitrogens with zero attached hydrogens (tertiary/aromatic N) is 1. The van der Waals surface area contributed by atoms with Gasteiger partial charge in [0.2, 0.25) is 0 Å². The molecule has 0 radical (unpaired) electrons. The van der Waals surface area contributed by atoms with Crippen LogP contribution in [0.25, 0.3) is 0 Å². The Morgan fingerprint density at radius 3 is 2.53 bits per heavy atom. The number of hydrogen-bond acceptors (Lipinski definition) is 1. The van der Waals surface area contributed by atoms with Crippen LogP contribution < -0.4 is 0 Å². The van der Waals surface area contributed by atoms with E-state index >= 15 is 0 Å². The standard InChI is InChI=1S/C14H18ClNO/c1-9-8-13(14(17)10(2)15)11(3)16(9)12-6-4-5-7-12/h4-5,8,10,12H,6-7H2,1-3H3. The van der Waals surface area contributed by atoms with Gasteiger partial charge in [-0.2, -0.15) is 0 Å². The molecule has 0 bridgehead atoms. The first-order valence-corrected chi connectivity index (χ1v) is 6.47. The molecule has 0 aliphatic heterocycles. The second-order valence-corrected chi connectivity index (χ2v) is 5.39. The molecule has 2 nitrogen and oxygen atoms in total. The first-order chi connectivity index (χ1) is 8.02. The summed E-state index contributed by atoms with van der Waals surface area (Å²) in [5.74, 6) is 0.0250. The Labute approximate surface area is 107 Å². The highest BCUT2D eigenvalue weighted by Gasteiger charge is 2.23. The van der Waals surface area contributed by atoms with Crippen LogP contribution in [0.4, 0.5) is 0 Å². The van der Waals surface area contributed by atoms with Gasteiger partial charge in [-0.1, -0.05) is 12.2 Å². The van der Waals surface area contributed by atoms with E-state index in [1.54, 1.807) is 6.92 Å². The van der Waals surface area contributed by atoms with Crippen LogP contribution in [0.2, 0.25) is 0 Å². The SMILES string of the molecule is Cc1cc(C(=O)C(C)Cl)c(C)n1C1CC=CC1. The van der Waals surface area contributed by atoms with Gasteiger partial charge in [0.05, 0.1) is 5.38 Å². The van der Waals surface area contributed by atoms with E-state index in [1.165, 1.54) is 0 Å². The molecule has 0 fully saturated rings. The minimum absolute atomic E-state index is 0.0250. The molecule has 1 heterocycles. The van der Waals surface area contributed by atoms with Gasteiger partial charge in [0.1, 0.15) is 0 Å². The monoisotopic (exact) mass is 251 g/mol. The van der Waals surface area contributed by atoms with Crippen molar-refractivity contribution in [2.24, 2.45) is 0 Å². The summed E-state index contributed by atoms with van der Waals surface area (Å²) in [5.41, 5.74) is 2.97. The number of rotatable bonds is 3. The molecule has 1 aliphatic rings. The van der Waals surface area contributed by atoms with Gasteiger partial charge in [-0.05, 0) is 39.7 Å². The van der Waals surface area contributed by atoms with Crippen molar-refractivity contribution in [3.05, 3.63) is 35.2 Å². The molecule has 1 atom stereocenters. The maximum absolute atomic E-state index is 12.0. The van der Waals surface area contributed by atoms with Gasteiger partial charge in [-0.15, -0.1) is 11.6 Å². The predicted octanol–water partition coefficient (Wildman–Crippen LogP) is 3.81. The van der Waals surface area contributed by atoms with Crippen molar-refractivity contribution in [3.8, 4) is 0 Å². The average Bonchev–Trinajstić information content (AvgIpc) is 2.85. The first-order valence-electron chi connectivity index (χ1n) is 6.04. The molecule has 1 unspecified atom stereocenters. The number of allylic oxidation sites excluding steroid dienone is 2. The molecular formula is C14H18ClNO. The van der Waals surface area contributed by atoms with Crippen molar-refractivity contribution in [2.45, 2.75) is 45.0 Å². The molecule has 92 valence electrons. The highest BCUT2D eigenvalue weighted by molar-refractivity contribution is 6.33. The van der Waals surface area contributed by atoms with Gasteiger partial charge in [-0.3, -0.25) is 4.79 Å². The molecule has 2 rings (SSSR count). The molecule has 1 aromatic heterocycles. The number of hydrogen-bond donors (Lipinski definition) is 0. The summed E-state index contributed by atoms with van der Waals surface area (Å²) in [5, 5.41) is -0.453. The van der Waals surface area contributed by atoms with Gasteiger partial charge in [-0.25, -0.2) is 0 Å².